The molecule has 1 atom stereocenters. The molecule has 0 N–H and O–H groups in total. The van der Waals surface area contributed by atoms with Crippen molar-refractivity contribution in [3.05, 3.63) is 126 Å². The normalized spacial score (nSPS) is 16.9. The summed E-state index contributed by atoms with van der Waals surface area (Å²) in [5.41, 5.74) is 2.09. The van der Waals surface area contributed by atoms with Crippen LogP contribution >= 0.6 is 7.49 Å². The molecule has 0 heterocycles. The summed E-state index contributed by atoms with van der Waals surface area (Å²) >= 11 is 0. The van der Waals surface area contributed by atoms with Crippen molar-refractivity contribution in [2.75, 3.05) is 21.3 Å². The van der Waals surface area contributed by atoms with Gasteiger partial charge in [-0.3, -0.25) is 0 Å². The van der Waals surface area contributed by atoms with Gasteiger partial charge in [0.2, 0.25) is 7.49 Å². The summed E-state index contributed by atoms with van der Waals surface area (Å²) in [7, 11) is 2.83. The summed E-state index contributed by atoms with van der Waals surface area (Å²) in [6.45, 7) is 0. The molecule has 3 nitrogen and oxygen atoms in total. The van der Waals surface area contributed by atoms with Gasteiger partial charge >= 0.3 is 0 Å². The van der Waals surface area contributed by atoms with E-state index in [1.165, 1.54) is 10.6 Å². The molecule has 0 saturated carbocycles. The molecule has 0 aromatic heterocycles. The second-order valence-electron chi connectivity index (χ2n) is 7.43. The number of hydrogen-bond donors (Lipinski definition) is 0. The highest BCUT2D eigenvalue weighted by atomic mass is 79.9. The molecule has 1 unspecified atom stereocenters. The lowest BCUT2D eigenvalue weighted by Gasteiger charge is -2.34. The van der Waals surface area contributed by atoms with Crippen molar-refractivity contribution in [2.45, 2.75) is 5.66 Å². The van der Waals surface area contributed by atoms with Gasteiger partial charge in [-0.15, -0.1) is 0 Å². The third-order valence-corrected chi connectivity index (χ3v) is 9.68. The second kappa shape index (κ2) is 11.5. The van der Waals surface area contributed by atoms with Crippen molar-refractivity contribution in [2.24, 2.45) is 0 Å². The fraction of sp³-hybridized carbons (Fsp3) is 0.143. The van der Waals surface area contributed by atoms with Gasteiger partial charge in [0.15, 0.2) is 17.2 Å². The van der Waals surface area contributed by atoms with Crippen LogP contribution in [-0.4, -0.2) is 27.0 Å². The van der Waals surface area contributed by atoms with E-state index >= 15 is 0 Å². The van der Waals surface area contributed by atoms with Crippen LogP contribution < -0.4 is 27.6 Å². The van der Waals surface area contributed by atoms with Crippen LogP contribution in [0.15, 0.2) is 120 Å². The molecule has 170 valence electrons. The van der Waals surface area contributed by atoms with Crippen LogP contribution in [0.1, 0.15) is 5.56 Å². The first-order valence-electron chi connectivity index (χ1n) is 10.6. The van der Waals surface area contributed by atoms with Crippen molar-refractivity contribution in [1.29, 1.82) is 0 Å². The minimum atomic E-state index is -2.36. The fourth-order valence-electron chi connectivity index (χ4n) is 4.30. The zero-order valence-electron chi connectivity index (χ0n) is 19.0. The molecule has 4 rings (SSSR count). The number of halogens is 1. The van der Waals surface area contributed by atoms with E-state index in [0.29, 0.717) is 5.76 Å². The Morgan fingerprint density at radius 1 is 0.697 bits per heavy atom. The van der Waals surface area contributed by atoms with Gasteiger partial charge < -0.3 is 26.5 Å². The van der Waals surface area contributed by atoms with E-state index in [4.69, 9.17) is 14.0 Å². The van der Waals surface area contributed by atoms with Crippen LogP contribution in [0.25, 0.3) is 6.08 Å². The first kappa shape index (κ1) is 25.0. The Labute approximate surface area is 207 Å². The van der Waals surface area contributed by atoms with E-state index in [2.05, 4.69) is 72.8 Å². The minimum Gasteiger partial charge on any atom is -1.00 e. The predicted octanol–water partition coefficient (Wildman–Crippen LogP) is 2.75. The largest absolute Gasteiger partial charge is 1.00 e. The van der Waals surface area contributed by atoms with Crippen LogP contribution in [0.5, 0.6) is 0 Å². The maximum Gasteiger partial charge on any atom is 0.221 e. The summed E-state index contributed by atoms with van der Waals surface area (Å²) in [6.07, 6.45) is 6.39. The Morgan fingerprint density at radius 3 is 1.67 bits per heavy atom. The van der Waals surface area contributed by atoms with Crippen molar-refractivity contribution in [3.63, 3.8) is 0 Å². The van der Waals surface area contributed by atoms with Gasteiger partial charge in [-0.25, -0.2) is 4.52 Å². The quantitative estimate of drug-likeness (QED) is 0.446. The zero-order valence-corrected chi connectivity index (χ0v) is 21.5. The Kier molecular flexibility index (Phi) is 8.68. The van der Waals surface area contributed by atoms with E-state index in [0.717, 1.165) is 16.9 Å². The molecule has 33 heavy (non-hydrogen) atoms. The van der Waals surface area contributed by atoms with E-state index < -0.39 is 7.49 Å². The van der Waals surface area contributed by atoms with E-state index in [-0.39, 0.29) is 22.6 Å². The standard InChI is InChI=1S/C28H28O3P.BrH/c1-29-26-19-20-27(25(28(26)30-2)21-22-13-7-4-8-14-22)32(31-3,23-15-9-5-10-16-23)24-17-11-6-12-18-24;/h4-21,27H,1-3H3;1H/q+1;/p-1. The molecule has 1 aliphatic rings. The fourth-order valence-corrected chi connectivity index (χ4v) is 8.04. The molecule has 0 bridgehead atoms. The second-order valence-corrected chi connectivity index (χ2v) is 10.7. The van der Waals surface area contributed by atoms with Crippen LogP contribution in [-0.2, 0) is 14.0 Å². The lowest BCUT2D eigenvalue weighted by Crippen LogP contribution is -3.00. The van der Waals surface area contributed by atoms with Crippen molar-refractivity contribution < 1.29 is 31.0 Å². The highest BCUT2D eigenvalue weighted by Crippen LogP contribution is 2.65. The van der Waals surface area contributed by atoms with E-state index in [1.807, 2.05) is 43.5 Å². The van der Waals surface area contributed by atoms with Crippen molar-refractivity contribution in [1.82, 2.24) is 0 Å². The number of methoxy groups -OCH3 is 2. The topological polar surface area (TPSA) is 27.7 Å². The molecule has 0 radical (unpaired) electrons. The number of ether oxygens (including phenoxy) is 2. The lowest BCUT2D eigenvalue weighted by molar-refractivity contribution is -0.00000732. The third kappa shape index (κ3) is 4.84. The Balaban J connectivity index is 0.00000306. The minimum absolute atomic E-state index is 0. The zero-order chi connectivity index (χ0) is 22.4. The Bertz CT molecular complexity index is 1090. The molecule has 3 aromatic carbocycles. The molecule has 3 aromatic rings. The molecular weight excluding hydrogens is 495 g/mol. The van der Waals surface area contributed by atoms with Gasteiger partial charge in [0.25, 0.3) is 0 Å². The Morgan fingerprint density at radius 2 is 1.21 bits per heavy atom. The monoisotopic (exact) mass is 522 g/mol. The smallest absolute Gasteiger partial charge is 0.221 e. The highest BCUT2D eigenvalue weighted by molar-refractivity contribution is 7.86. The first-order chi connectivity index (χ1) is 15.7. The van der Waals surface area contributed by atoms with Gasteiger partial charge in [0.05, 0.1) is 21.3 Å². The van der Waals surface area contributed by atoms with Crippen LogP contribution in [0.4, 0.5) is 0 Å². The predicted molar refractivity (Wildman–Crippen MR) is 134 cm³/mol. The van der Waals surface area contributed by atoms with Crippen LogP contribution in [0, 0.1) is 0 Å². The van der Waals surface area contributed by atoms with Gasteiger partial charge in [-0.05, 0) is 48.1 Å². The molecule has 5 heteroatoms. The average molecular weight is 523 g/mol. The summed E-state index contributed by atoms with van der Waals surface area (Å²) < 4.78 is 18.2. The van der Waals surface area contributed by atoms with Crippen molar-refractivity contribution >= 4 is 24.2 Å². The summed E-state index contributed by atoms with van der Waals surface area (Å²) in [4.78, 5) is 0. The van der Waals surface area contributed by atoms with Gasteiger partial charge in [-0.2, -0.15) is 0 Å². The maximum absolute atomic E-state index is 6.58. The molecule has 1 aliphatic carbocycles. The Hall–Kier alpha value is -2.65. The van der Waals surface area contributed by atoms with Crippen LogP contribution in [0.3, 0.4) is 0 Å². The number of allylic oxidation sites excluding steroid dienone is 3. The SMILES string of the molecule is COC1=C(OC)C(=Cc2ccccc2)C([P+](OC)(c2ccccc2)c2ccccc2)C=C1.[Br-]. The van der Waals surface area contributed by atoms with E-state index in [1.54, 1.807) is 14.2 Å². The summed E-state index contributed by atoms with van der Waals surface area (Å²) in [5.74, 6) is 1.44. The van der Waals surface area contributed by atoms with E-state index in [9.17, 15) is 0 Å². The maximum atomic E-state index is 6.58. The number of benzene rings is 3. The molecule has 0 spiro atoms. The third-order valence-electron chi connectivity index (χ3n) is 5.74. The molecule has 0 fully saturated rings. The first-order valence-corrected chi connectivity index (χ1v) is 12.4. The molecule has 0 aliphatic heterocycles. The van der Waals surface area contributed by atoms with Gasteiger partial charge in [0.1, 0.15) is 10.6 Å². The van der Waals surface area contributed by atoms with Gasteiger partial charge in [-0.1, -0.05) is 66.7 Å². The highest BCUT2D eigenvalue weighted by Gasteiger charge is 2.54. The average Bonchev–Trinajstić information content (AvgIpc) is 2.87. The van der Waals surface area contributed by atoms with Gasteiger partial charge in [0, 0.05) is 5.57 Å². The molecule has 0 amide bonds. The molecular formula is C28H28BrO3P. The lowest BCUT2D eigenvalue weighted by atomic mass is 10.0. The van der Waals surface area contributed by atoms with Crippen molar-refractivity contribution in [3.8, 4) is 0 Å². The number of hydrogen-bond acceptors (Lipinski definition) is 3. The summed E-state index contributed by atoms with van der Waals surface area (Å²) in [6, 6.07) is 31.4. The number of rotatable bonds is 7. The van der Waals surface area contributed by atoms with Crippen LogP contribution in [0.2, 0.25) is 0 Å². The molecule has 0 saturated heterocycles. The summed E-state index contributed by atoms with van der Waals surface area (Å²) in [5, 5.41) is 2.36.